The molecular formula is C10H9BrF2N2. The average molecular weight is 275 g/mol. The van der Waals surface area contributed by atoms with E-state index >= 15 is 0 Å². The van der Waals surface area contributed by atoms with E-state index in [2.05, 4.69) is 15.9 Å². The van der Waals surface area contributed by atoms with Crippen LogP contribution in [0.15, 0.2) is 16.6 Å². The molecule has 1 N–H and O–H groups in total. The number of nitrogens with one attached hydrogen (secondary N) is 1. The van der Waals surface area contributed by atoms with Gasteiger partial charge in [0.25, 0.3) is 0 Å². The molecule has 0 aliphatic carbocycles. The third-order valence-corrected chi connectivity index (χ3v) is 2.83. The van der Waals surface area contributed by atoms with E-state index in [1.165, 1.54) is 17.0 Å². The number of nitrogens with zero attached hydrogens (tertiary/aromatic N) is 1. The van der Waals surface area contributed by atoms with Crippen molar-refractivity contribution in [2.45, 2.75) is 12.8 Å². The molecule has 0 bridgehead atoms. The highest BCUT2D eigenvalue weighted by molar-refractivity contribution is 9.10. The zero-order valence-electron chi connectivity index (χ0n) is 7.86. The van der Waals surface area contributed by atoms with E-state index in [1.807, 2.05) is 0 Å². The molecule has 1 aromatic rings. The van der Waals surface area contributed by atoms with Crippen LogP contribution in [-0.2, 0) is 0 Å². The van der Waals surface area contributed by atoms with Crippen molar-refractivity contribution in [3.63, 3.8) is 0 Å². The number of anilines is 1. The van der Waals surface area contributed by atoms with E-state index in [0.717, 1.165) is 6.42 Å². The van der Waals surface area contributed by atoms with Gasteiger partial charge in [-0.05, 0) is 18.6 Å². The fourth-order valence-electron chi connectivity index (χ4n) is 1.71. The monoisotopic (exact) mass is 274 g/mol. The quantitative estimate of drug-likeness (QED) is 0.836. The second-order valence-electron chi connectivity index (χ2n) is 3.42. The van der Waals surface area contributed by atoms with E-state index in [9.17, 15) is 8.78 Å². The van der Waals surface area contributed by atoms with Crippen LogP contribution in [0.4, 0.5) is 14.5 Å². The maximum atomic E-state index is 13.5. The fraction of sp³-hybridized carbons (Fsp3) is 0.300. The van der Waals surface area contributed by atoms with E-state index in [1.54, 1.807) is 0 Å². The number of hydrogen-bond donors (Lipinski definition) is 1. The second-order valence-corrected chi connectivity index (χ2v) is 4.34. The molecule has 1 fully saturated rings. The van der Waals surface area contributed by atoms with Crippen molar-refractivity contribution in [1.29, 1.82) is 5.41 Å². The van der Waals surface area contributed by atoms with Crippen LogP contribution in [0.3, 0.4) is 0 Å². The standard InChI is InChI=1S/C10H9BrF2N2/c11-6-4-7(12)10(8(13)5-6)15-3-1-2-9(15)14/h4-5,14H,1-3H2. The minimum atomic E-state index is -0.631. The summed E-state index contributed by atoms with van der Waals surface area (Å²) in [6, 6.07) is 2.42. The highest BCUT2D eigenvalue weighted by Crippen LogP contribution is 2.30. The van der Waals surface area contributed by atoms with E-state index in [-0.39, 0.29) is 11.5 Å². The molecule has 2 rings (SSSR count). The number of benzene rings is 1. The van der Waals surface area contributed by atoms with Gasteiger partial charge in [0.1, 0.15) is 11.5 Å². The predicted octanol–water partition coefficient (Wildman–Crippen LogP) is 3.30. The SMILES string of the molecule is N=C1CCCN1c1c(F)cc(Br)cc1F. The van der Waals surface area contributed by atoms with Crippen molar-refractivity contribution in [2.24, 2.45) is 0 Å². The van der Waals surface area contributed by atoms with Crippen LogP contribution in [0.1, 0.15) is 12.8 Å². The van der Waals surface area contributed by atoms with Gasteiger partial charge in [-0.3, -0.25) is 5.41 Å². The molecule has 1 aliphatic rings. The molecule has 1 aromatic carbocycles. The van der Waals surface area contributed by atoms with Gasteiger partial charge in [-0.25, -0.2) is 8.78 Å². The Balaban J connectivity index is 2.47. The summed E-state index contributed by atoms with van der Waals surface area (Å²) in [5, 5.41) is 7.57. The van der Waals surface area contributed by atoms with Crippen LogP contribution in [0, 0.1) is 17.0 Å². The van der Waals surface area contributed by atoms with E-state index < -0.39 is 11.6 Å². The van der Waals surface area contributed by atoms with Gasteiger partial charge in [-0.1, -0.05) is 15.9 Å². The summed E-state index contributed by atoms with van der Waals surface area (Å²) in [6.45, 7) is 0.508. The zero-order chi connectivity index (χ0) is 11.0. The van der Waals surface area contributed by atoms with Crippen LogP contribution >= 0.6 is 15.9 Å². The smallest absolute Gasteiger partial charge is 0.151 e. The summed E-state index contributed by atoms with van der Waals surface area (Å²) >= 11 is 3.02. The van der Waals surface area contributed by atoms with Gasteiger partial charge in [-0.2, -0.15) is 0 Å². The number of amidine groups is 1. The molecule has 0 aromatic heterocycles. The Labute approximate surface area is 94.5 Å². The zero-order valence-corrected chi connectivity index (χ0v) is 9.44. The molecule has 0 atom stereocenters. The second kappa shape index (κ2) is 3.89. The van der Waals surface area contributed by atoms with E-state index in [4.69, 9.17) is 5.41 Å². The van der Waals surface area contributed by atoms with E-state index in [0.29, 0.717) is 17.4 Å². The van der Waals surface area contributed by atoms with Crippen molar-refractivity contribution in [3.8, 4) is 0 Å². The lowest BCUT2D eigenvalue weighted by Gasteiger charge is -2.19. The molecule has 0 amide bonds. The first-order valence-electron chi connectivity index (χ1n) is 4.59. The highest BCUT2D eigenvalue weighted by atomic mass is 79.9. The largest absolute Gasteiger partial charge is 0.325 e. The van der Waals surface area contributed by atoms with Crippen molar-refractivity contribution in [3.05, 3.63) is 28.2 Å². The summed E-state index contributed by atoms with van der Waals surface area (Å²) in [6.07, 6.45) is 1.35. The number of rotatable bonds is 1. The van der Waals surface area contributed by atoms with Gasteiger partial charge < -0.3 is 4.90 Å². The Morgan fingerprint density at radius 2 is 1.87 bits per heavy atom. The summed E-state index contributed by atoms with van der Waals surface area (Å²) in [5.41, 5.74) is -0.110. The third-order valence-electron chi connectivity index (χ3n) is 2.37. The van der Waals surface area contributed by atoms with Crippen molar-refractivity contribution in [2.75, 3.05) is 11.4 Å². The highest BCUT2D eigenvalue weighted by Gasteiger charge is 2.24. The molecule has 0 radical (unpaired) electrons. The molecular weight excluding hydrogens is 266 g/mol. The number of hydrogen-bond acceptors (Lipinski definition) is 1. The normalized spacial score (nSPS) is 16.2. The first-order valence-corrected chi connectivity index (χ1v) is 5.38. The van der Waals surface area contributed by atoms with Crippen molar-refractivity contribution < 1.29 is 8.78 Å². The Morgan fingerprint density at radius 1 is 1.27 bits per heavy atom. The molecule has 15 heavy (non-hydrogen) atoms. The summed E-state index contributed by atoms with van der Waals surface area (Å²) in [5.74, 6) is -0.989. The Kier molecular flexibility index (Phi) is 2.73. The van der Waals surface area contributed by atoms with Crippen LogP contribution < -0.4 is 4.90 Å². The predicted molar refractivity (Wildman–Crippen MR) is 58.4 cm³/mol. The lowest BCUT2D eigenvalue weighted by atomic mass is 10.2. The van der Waals surface area contributed by atoms with Gasteiger partial charge in [0, 0.05) is 17.4 Å². The average Bonchev–Trinajstić information content (AvgIpc) is 2.50. The molecule has 80 valence electrons. The number of halogens is 3. The Bertz CT molecular complexity index is 397. The van der Waals surface area contributed by atoms with Crippen LogP contribution in [-0.4, -0.2) is 12.4 Å². The topological polar surface area (TPSA) is 27.1 Å². The van der Waals surface area contributed by atoms with Gasteiger partial charge in [0.05, 0.1) is 0 Å². The minimum absolute atomic E-state index is 0.110. The van der Waals surface area contributed by atoms with Crippen molar-refractivity contribution in [1.82, 2.24) is 0 Å². The Morgan fingerprint density at radius 3 is 2.33 bits per heavy atom. The van der Waals surface area contributed by atoms with Crippen LogP contribution in [0.2, 0.25) is 0 Å². The minimum Gasteiger partial charge on any atom is -0.325 e. The fourth-order valence-corrected chi connectivity index (χ4v) is 2.12. The maximum Gasteiger partial charge on any atom is 0.151 e. The van der Waals surface area contributed by atoms with Gasteiger partial charge in [0.15, 0.2) is 11.6 Å². The summed E-state index contributed by atoms with van der Waals surface area (Å²) < 4.78 is 27.4. The van der Waals surface area contributed by atoms with Crippen LogP contribution in [0.5, 0.6) is 0 Å². The lowest BCUT2D eigenvalue weighted by Crippen LogP contribution is -2.25. The van der Waals surface area contributed by atoms with Crippen LogP contribution in [0.25, 0.3) is 0 Å². The molecule has 0 spiro atoms. The first kappa shape index (κ1) is 10.5. The lowest BCUT2D eigenvalue weighted by molar-refractivity contribution is 0.581. The molecule has 0 unspecified atom stereocenters. The van der Waals surface area contributed by atoms with Gasteiger partial charge in [-0.15, -0.1) is 0 Å². The molecule has 2 nitrogen and oxygen atoms in total. The molecule has 0 saturated carbocycles. The summed E-state index contributed by atoms with van der Waals surface area (Å²) in [4.78, 5) is 1.39. The molecule has 1 heterocycles. The van der Waals surface area contributed by atoms with Gasteiger partial charge in [0.2, 0.25) is 0 Å². The molecule has 1 aliphatic heterocycles. The Hall–Kier alpha value is -0.970. The molecule has 1 saturated heterocycles. The first-order chi connectivity index (χ1) is 7.09. The summed E-state index contributed by atoms with van der Waals surface area (Å²) in [7, 11) is 0. The maximum absolute atomic E-state index is 13.5. The molecule has 5 heteroatoms. The van der Waals surface area contributed by atoms with Crippen molar-refractivity contribution >= 4 is 27.5 Å². The van der Waals surface area contributed by atoms with Gasteiger partial charge >= 0.3 is 0 Å². The third kappa shape index (κ3) is 1.88.